The molecular weight excluding hydrogens is 304 g/mol. The third kappa shape index (κ3) is 5.30. The number of unbranched alkanes of at least 4 members (excludes halogenated alkanes) is 3. The van der Waals surface area contributed by atoms with Crippen LogP contribution in [0.1, 0.15) is 43.0 Å². The molecule has 4 heteroatoms. The molecule has 4 nitrogen and oxygen atoms in total. The smallest absolute Gasteiger partial charge is 0.343 e. The summed E-state index contributed by atoms with van der Waals surface area (Å²) in [5, 5.41) is 0. The number of hydrogen-bond acceptors (Lipinski definition) is 4. The van der Waals surface area contributed by atoms with Crippen LogP contribution >= 0.6 is 0 Å². The lowest BCUT2D eigenvalue weighted by molar-refractivity contribution is 0.0729. The summed E-state index contributed by atoms with van der Waals surface area (Å²) in [6.45, 7) is 2.88. The zero-order valence-electron chi connectivity index (χ0n) is 14.3. The van der Waals surface area contributed by atoms with E-state index in [0.29, 0.717) is 23.7 Å². The van der Waals surface area contributed by atoms with Gasteiger partial charge in [-0.15, -0.1) is 0 Å². The molecule has 0 aliphatic heterocycles. The van der Waals surface area contributed by atoms with E-state index in [1.807, 2.05) is 6.07 Å². The highest BCUT2D eigenvalue weighted by Crippen LogP contribution is 2.26. The van der Waals surface area contributed by atoms with Gasteiger partial charge in [-0.1, -0.05) is 38.3 Å². The molecule has 0 N–H and O–H groups in total. The van der Waals surface area contributed by atoms with Crippen molar-refractivity contribution in [3.8, 4) is 17.2 Å². The Bertz CT molecular complexity index is 634. The quantitative estimate of drug-likeness (QED) is 0.374. The van der Waals surface area contributed by atoms with Gasteiger partial charge in [0.15, 0.2) is 11.5 Å². The minimum atomic E-state index is -0.422. The Kier molecular flexibility index (Phi) is 7.15. The molecule has 0 unspecified atom stereocenters. The van der Waals surface area contributed by atoms with Crippen molar-refractivity contribution in [1.29, 1.82) is 0 Å². The van der Waals surface area contributed by atoms with Crippen LogP contribution in [0, 0.1) is 0 Å². The maximum absolute atomic E-state index is 12.2. The SMILES string of the molecule is CCCCCCOc1ccc(C(=O)Oc2ccccc2OC)cc1. The Morgan fingerprint density at radius 1 is 0.917 bits per heavy atom. The van der Waals surface area contributed by atoms with Gasteiger partial charge < -0.3 is 14.2 Å². The fraction of sp³-hybridized carbons (Fsp3) is 0.350. The van der Waals surface area contributed by atoms with Crippen LogP contribution in [0.2, 0.25) is 0 Å². The van der Waals surface area contributed by atoms with Gasteiger partial charge in [0.1, 0.15) is 5.75 Å². The first-order valence-corrected chi connectivity index (χ1v) is 8.32. The minimum Gasteiger partial charge on any atom is -0.494 e. The topological polar surface area (TPSA) is 44.8 Å². The highest BCUT2D eigenvalue weighted by atomic mass is 16.6. The first-order chi connectivity index (χ1) is 11.7. The van der Waals surface area contributed by atoms with Crippen molar-refractivity contribution in [3.05, 3.63) is 54.1 Å². The van der Waals surface area contributed by atoms with Crippen molar-refractivity contribution in [3.63, 3.8) is 0 Å². The lowest BCUT2D eigenvalue weighted by Gasteiger charge is -2.09. The summed E-state index contributed by atoms with van der Waals surface area (Å²) < 4.78 is 16.2. The van der Waals surface area contributed by atoms with E-state index in [4.69, 9.17) is 14.2 Å². The van der Waals surface area contributed by atoms with Crippen molar-refractivity contribution in [2.45, 2.75) is 32.6 Å². The lowest BCUT2D eigenvalue weighted by atomic mass is 10.2. The van der Waals surface area contributed by atoms with Crippen LogP contribution in [0.15, 0.2) is 48.5 Å². The highest BCUT2D eigenvalue weighted by molar-refractivity contribution is 5.91. The summed E-state index contributed by atoms with van der Waals surface area (Å²) in [5.41, 5.74) is 0.472. The van der Waals surface area contributed by atoms with Crippen LogP contribution < -0.4 is 14.2 Å². The van der Waals surface area contributed by atoms with Gasteiger partial charge in [0.25, 0.3) is 0 Å². The van der Waals surface area contributed by atoms with Crippen LogP contribution in [-0.4, -0.2) is 19.7 Å². The molecule has 0 aliphatic rings. The van der Waals surface area contributed by atoms with Crippen LogP contribution in [0.3, 0.4) is 0 Å². The molecule has 2 aromatic rings. The number of para-hydroxylation sites is 2. The molecule has 0 radical (unpaired) electrons. The average Bonchev–Trinajstić information content (AvgIpc) is 2.62. The highest BCUT2D eigenvalue weighted by Gasteiger charge is 2.11. The van der Waals surface area contributed by atoms with Crippen molar-refractivity contribution in [2.75, 3.05) is 13.7 Å². The van der Waals surface area contributed by atoms with Crippen LogP contribution in [0.5, 0.6) is 17.2 Å². The molecule has 0 heterocycles. The number of benzene rings is 2. The van der Waals surface area contributed by atoms with Gasteiger partial charge >= 0.3 is 5.97 Å². The van der Waals surface area contributed by atoms with E-state index >= 15 is 0 Å². The zero-order chi connectivity index (χ0) is 17.2. The molecule has 0 aliphatic carbocycles. The summed E-state index contributed by atoms with van der Waals surface area (Å²) >= 11 is 0. The van der Waals surface area contributed by atoms with Gasteiger partial charge in [0, 0.05) is 0 Å². The third-order valence-electron chi connectivity index (χ3n) is 3.63. The Labute approximate surface area is 143 Å². The summed E-state index contributed by atoms with van der Waals surface area (Å²) in [7, 11) is 1.54. The van der Waals surface area contributed by atoms with Gasteiger partial charge in [-0.05, 0) is 42.8 Å². The molecule has 0 atom stereocenters. The first kappa shape index (κ1) is 17.9. The normalized spacial score (nSPS) is 10.2. The van der Waals surface area contributed by atoms with Gasteiger partial charge in [0.05, 0.1) is 19.3 Å². The Balaban J connectivity index is 1.89. The van der Waals surface area contributed by atoms with Crippen molar-refractivity contribution in [2.24, 2.45) is 0 Å². The molecule has 2 aromatic carbocycles. The number of esters is 1. The molecular formula is C20H24O4. The van der Waals surface area contributed by atoms with E-state index in [2.05, 4.69) is 6.92 Å². The lowest BCUT2D eigenvalue weighted by Crippen LogP contribution is -2.09. The summed E-state index contributed by atoms with van der Waals surface area (Å²) in [5.74, 6) is 1.27. The van der Waals surface area contributed by atoms with Gasteiger partial charge in [-0.25, -0.2) is 4.79 Å². The Morgan fingerprint density at radius 2 is 1.62 bits per heavy atom. The number of carbonyl (C=O) groups is 1. The molecule has 128 valence electrons. The second-order valence-corrected chi connectivity index (χ2v) is 5.47. The molecule has 0 fully saturated rings. The monoisotopic (exact) mass is 328 g/mol. The molecule has 0 aromatic heterocycles. The number of ether oxygens (including phenoxy) is 3. The van der Waals surface area contributed by atoms with Crippen molar-refractivity contribution >= 4 is 5.97 Å². The van der Waals surface area contributed by atoms with Gasteiger partial charge in [0.2, 0.25) is 0 Å². The summed E-state index contributed by atoms with van der Waals surface area (Å²) in [6.07, 6.45) is 4.67. The van der Waals surface area contributed by atoms with Crippen molar-refractivity contribution in [1.82, 2.24) is 0 Å². The second-order valence-electron chi connectivity index (χ2n) is 5.47. The number of rotatable bonds is 9. The largest absolute Gasteiger partial charge is 0.494 e. The fourth-order valence-electron chi connectivity index (χ4n) is 2.27. The summed E-state index contributed by atoms with van der Waals surface area (Å²) in [4.78, 5) is 12.2. The van der Waals surface area contributed by atoms with Crippen LogP contribution in [0.4, 0.5) is 0 Å². The molecule has 0 saturated heterocycles. The first-order valence-electron chi connectivity index (χ1n) is 8.32. The van der Waals surface area contributed by atoms with Gasteiger partial charge in [-0.2, -0.15) is 0 Å². The minimum absolute atomic E-state index is 0.404. The van der Waals surface area contributed by atoms with Crippen LogP contribution in [0.25, 0.3) is 0 Å². The fourth-order valence-corrected chi connectivity index (χ4v) is 2.27. The van der Waals surface area contributed by atoms with E-state index in [-0.39, 0.29) is 0 Å². The number of methoxy groups -OCH3 is 1. The Hall–Kier alpha value is -2.49. The summed E-state index contributed by atoms with van der Waals surface area (Å²) in [6, 6.07) is 14.1. The van der Waals surface area contributed by atoms with Crippen molar-refractivity contribution < 1.29 is 19.0 Å². The van der Waals surface area contributed by atoms with Gasteiger partial charge in [-0.3, -0.25) is 0 Å². The third-order valence-corrected chi connectivity index (χ3v) is 3.63. The van der Waals surface area contributed by atoms with Crippen LogP contribution in [-0.2, 0) is 0 Å². The standard InChI is InChI=1S/C20H24O4/c1-3-4-5-8-15-23-17-13-11-16(12-14-17)20(21)24-19-10-7-6-9-18(19)22-2/h6-7,9-14H,3-5,8,15H2,1-2H3. The molecule has 0 amide bonds. The molecule has 2 rings (SSSR count). The molecule has 0 spiro atoms. The zero-order valence-corrected chi connectivity index (χ0v) is 14.3. The predicted molar refractivity (Wildman–Crippen MR) is 94.0 cm³/mol. The maximum atomic E-state index is 12.2. The number of carbonyl (C=O) groups excluding carboxylic acids is 1. The molecule has 0 saturated carbocycles. The predicted octanol–water partition coefficient (Wildman–Crippen LogP) is 4.87. The molecule has 24 heavy (non-hydrogen) atoms. The van der Waals surface area contributed by atoms with E-state index < -0.39 is 5.97 Å². The second kappa shape index (κ2) is 9.60. The average molecular weight is 328 g/mol. The van der Waals surface area contributed by atoms with E-state index in [9.17, 15) is 4.79 Å². The Morgan fingerprint density at radius 3 is 2.29 bits per heavy atom. The van der Waals surface area contributed by atoms with E-state index in [1.165, 1.54) is 19.3 Å². The van der Waals surface area contributed by atoms with E-state index in [1.54, 1.807) is 49.6 Å². The maximum Gasteiger partial charge on any atom is 0.343 e. The number of hydrogen-bond donors (Lipinski definition) is 0. The van der Waals surface area contributed by atoms with E-state index in [0.717, 1.165) is 12.2 Å². The molecule has 0 bridgehead atoms.